The summed E-state index contributed by atoms with van der Waals surface area (Å²) in [7, 11) is 1.24. The molecule has 1 aliphatic rings. The zero-order chi connectivity index (χ0) is 19.6. The van der Waals surface area contributed by atoms with E-state index in [0.717, 1.165) is 0 Å². The highest BCUT2D eigenvalue weighted by Gasteiger charge is 2.31. The molecule has 3 rings (SSSR count). The van der Waals surface area contributed by atoms with Gasteiger partial charge >= 0.3 is 5.97 Å². The van der Waals surface area contributed by atoms with Gasteiger partial charge in [0.1, 0.15) is 11.7 Å². The lowest BCUT2D eigenvalue weighted by Gasteiger charge is -2.25. The number of nitrogens with one attached hydrogen (secondary N) is 1. The Morgan fingerprint density at radius 2 is 2.00 bits per heavy atom. The fourth-order valence-electron chi connectivity index (χ4n) is 2.75. The average Bonchev–Trinajstić information content (AvgIpc) is 2.67. The van der Waals surface area contributed by atoms with Crippen molar-refractivity contribution in [3.63, 3.8) is 0 Å². The molecule has 0 fully saturated rings. The number of ether oxygens (including phenoxy) is 1. The highest BCUT2D eigenvalue weighted by Crippen LogP contribution is 2.33. The summed E-state index contributed by atoms with van der Waals surface area (Å²) in [4.78, 5) is 31.0. The lowest BCUT2D eigenvalue weighted by Crippen LogP contribution is -2.33. The van der Waals surface area contributed by atoms with Crippen LogP contribution in [0.4, 0.5) is 10.1 Å². The van der Waals surface area contributed by atoms with E-state index in [1.54, 1.807) is 6.92 Å². The van der Waals surface area contributed by atoms with E-state index in [1.165, 1.54) is 49.7 Å². The maximum absolute atomic E-state index is 14.1. The molecule has 1 atom stereocenters. The Labute approximate surface area is 153 Å². The molecular formula is C18H15FN4O4. The van der Waals surface area contributed by atoms with Gasteiger partial charge in [-0.05, 0) is 36.8 Å². The van der Waals surface area contributed by atoms with E-state index in [0.29, 0.717) is 11.3 Å². The molecule has 0 amide bonds. The van der Waals surface area contributed by atoms with Gasteiger partial charge in [-0.25, -0.2) is 14.2 Å². The van der Waals surface area contributed by atoms with Crippen molar-refractivity contribution in [3.8, 4) is 0 Å². The minimum atomic E-state index is -0.823. The summed E-state index contributed by atoms with van der Waals surface area (Å²) in [6.45, 7) is 1.64. The number of aliphatic imine (C=N–C) groups is 1. The summed E-state index contributed by atoms with van der Waals surface area (Å²) >= 11 is 0. The van der Waals surface area contributed by atoms with E-state index >= 15 is 0 Å². The van der Waals surface area contributed by atoms with Crippen LogP contribution in [-0.2, 0) is 9.53 Å². The monoisotopic (exact) mass is 370 g/mol. The number of aromatic nitrogens is 1. The second kappa shape index (κ2) is 7.32. The number of amidine groups is 1. The number of benzene rings is 1. The molecule has 2 aromatic rings. The first-order valence-corrected chi connectivity index (χ1v) is 7.91. The maximum atomic E-state index is 14.1. The Morgan fingerprint density at radius 3 is 2.59 bits per heavy atom. The van der Waals surface area contributed by atoms with Crippen molar-refractivity contribution in [1.29, 1.82) is 0 Å². The predicted molar refractivity (Wildman–Crippen MR) is 94.4 cm³/mol. The van der Waals surface area contributed by atoms with Crippen LogP contribution in [0.25, 0.3) is 0 Å². The number of pyridine rings is 1. The molecule has 138 valence electrons. The highest BCUT2D eigenvalue weighted by atomic mass is 19.1. The largest absolute Gasteiger partial charge is 0.466 e. The third-order valence-corrected chi connectivity index (χ3v) is 4.05. The van der Waals surface area contributed by atoms with Crippen molar-refractivity contribution in [3.05, 3.63) is 81.1 Å². The van der Waals surface area contributed by atoms with E-state index in [4.69, 9.17) is 4.74 Å². The third kappa shape index (κ3) is 3.52. The van der Waals surface area contributed by atoms with Gasteiger partial charge in [0.25, 0.3) is 5.69 Å². The molecular weight excluding hydrogens is 355 g/mol. The summed E-state index contributed by atoms with van der Waals surface area (Å²) in [5, 5.41) is 13.8. The number of nitro groups is 1. The topological polar surface area (TPSA) is 107 Å². The van der Waals surface area contributed by atoms with Crippen LogP contribution in [0, 0.1) is 15.9 Å². The summed E-state index contributed by atoms with van der Waals surface area (Å²) in [6.07, 6.45) is 1.43. The molecule has 0 spiro atoms. The second-order valence-electron chi connectivity index (χ2n) is 5.72. The van der Waals surface area contributed by atoms with Crippen LogP contribution in [0.5, 0.6) is 0 Å². The first-order valence-electron chi connectivity index (χ1n) is 7.91. The number of nitrogens with zero attached hydrogens (tertiary/aromatic N) is 3. The van der Waals surface area contributed by atoms with Crippen LogP contribution in [0.2, 0.25) is 0 Å². The van der Waals surface area contributed by atoms with Crippen LogP contribution in [-0.4, -0.2) is 28.8 Å². The predicted octanol–water partition coefficient (Wildman–Crippen LogP) is 2.67. The molecule has 27 heavy (non-hydrogen) atoms. The number of carbonyl (C=O) groups excluding carboxylic acids is 1. The maximum Gasteiger partial charge on any atom is 0.338 e. The van der Waals surface area contributed by atoms with E-state index in [2.05, 4.69) is 15.3 Å². The van der Waals surface area contributed by atoms with Crippen molar-refractivity contribution >= 4 is 17.5 Å². The smallest absolute Gasteiger partial charge is 0.338 e. The van der Waals surface area contributed by atoms with Crippen molar-refractivity contribution in [2.45, 2.75) is 13.0 Å². The van der Waals surface area contributed by atoms with Gasteiger partial charge in [-0.1, -0.05) is 0 Å². The number of hydrogen-bond donors (Lipinski definition) is 1. The number of esters is 1. The van der Waals surface area contributed by atoms with Gasteiger partial charge in [0.15, 0.2) is 11.7 Å². The summed E-state index contributed by atoms with van der Waals surface area (Å²) < 4.78 is 19.0. The van der Waals surface area contributed by atoms with Gasteiger partial charge in [-0.2, -0.15) is 0 Å². The summed E-state index contributed by atoms with van der Waals surface area (Å²) in [6, 6.07) is 7.52. The Morgan fingerprint density at radius 1 is 1.30 bits per heavy atom. The zero-order valence-electron chi connectivity index (χ0n) is 14.5. The molecule has 1 N–H and O–H groups in total. The lowest BCUT2D eigenvalue weighted by atomic mass is 9.95. The zero-order valence-corrected chi connectivity index (χ0v) is 14.5. The Hall–Kier alpha value is -3.62. The molecule has 0 aliphatic carbocycles. The van der Waals surface area contributed by atoms with Crippen molar-refractivity contribution < 1.29 is 18.8 Å². The molecule has 0 bridgehead atoms. The highest BCUT2D eigenvalue weighted by molar-refractivity contribution is 6.02. The number of allylic oxidation sites excluding steroid dienone is 1. The van der Waals surface area contributed by atoms with E-state index in [9.17, 15) is 19.3 Å². The first-order chi connectivity index (χ1) is 12.9. The molecule has 0 saturated heterocycles. The van der Waals surface area contributed by atoms with Crippen LogP contribution in [0.3, 0.4) is 0 Å². The number of nitro benzene ring substituents is 1. The van der Waals surface area contributed by atoms with Crippen molar-refractivity contribution in [2.75, 3.05) is 7.11 Å². The molecule has 1 unspecified atom stereocenters. The third-order valence-electron chi connectivity index (χ3n) is 4.05. The standard InChI is InChI=1S/C18H15FN4O4/c1-10-14(18(24)27-2)15(11-5-7-12(8-6-11)23(25)26)22-17(21-10)16-13(19)4-3-9-20-16/h3-9,15H,1-2H3,(H,21,22). The molecule has 9 heteroatoms. The number of methoxy groups -OCH3 is 1. The van der Waals surface area contributed by atoms with Gasteiger partial charge in [-0.15, -0.1) is 0 Å². The molecule has 0 saturated carbocycles. The molecule has 1 aromatic heterocycles. The minimum Gasteiger partial charge on any atom is -0.466 e. The molecule has 2 heterocycles. The van der Waals surface area contributed by atoms with Crippen LogP contribution < -0.4 is 5.32 Å². The van der Waals surface area contributed by atoms with Crippen LogP contribution in [0.1, 0.15) is 24.2 Å². The van der Waals surface area contributed by atoms with Crippen molar-refractivity contribution in [1.82, 2.24) is 10.3 Å². The van der Waals surface area contributed by atoms with Crippen LogP contribution >= 0.6 is 0 Å². The van der Waals surface area contributed by atoms with E-state index < -0.39 is 22.8 Å². The Balaban J connectivity index is 2.11. The Kier molecular flexibility index (Phi) is 4.93. The van der Waals surface area contributed by atoms with Gasteiger partial charge < -0.3 is 10.1 Å². The normalized spacial score (nSPS) is 16.4. The second-order valence-corrected chi connectivity index (χ2v) is 5.72. The molecule has 1 aromatic carbocycles. The first kappa shape index (κ1) is 18.2. The number of hydrogen-bond acceptors (Lipinski definition) is 7. The number of halogens is 1. The van der Waals surface area contributed by atoms with Crippen LogP contribution in [0.15, 0.2) is 58.9 Å². The quantitative estimate of drug-likeness (QED) is 0.504. The fraction of sp³-hybridized carbons (Fsp3) is 0.167. The molecule has 1 aliphatic heterocycles. The minimum absolute atomic E-state index is 0.00711. The number of rotatable bonds is 4. The fourth-order valence-corrected chi connectivity index (χ4v) is 2.75. The molecule has 8 nitrogen and oxygen atoms in total. The van der Waals surface area contributed by atoms with E-state index in [1.807, 2.05) is 0 Å². The Bertz CT molecular complexity index is 970. The summed E-state index contributed by atoms with van der Waals surface area (Å²) in [5.74, 6) is -1.02. The van der Waals surface area contributed by atoms with Gasteiger partial charge in [0.05, 0.1) is 17.6 Å². The average molecular weight is 370 g/mol. The van der Waals surface area contributed by atoms with Gasteiger partial charge in [0.2, 0.25) is 0 Å². The van der Waals surface area contributed by atoms with E-state index in [-0.39, 0.29) is 22.8 Å². The van der Waals surface area contributed by atoms with Gasteiger partial charge in [-0.3, -0.25) is 15.1 Å². The number of carbonyl (C=O) groups is 1. The lowest BCUT2D eigenvalue weighted by molar-refractivity contribution is -0.384. The SMILES string of the molecule is COC(=O)C1=C(C)NC(c2ncccc2F)=NC1c1ccc([N+](=O)[O-])cc1. The van der Waals surface area contributed by atoms with Gasteiger partial charge in [0, 0.05) is 24.0 Å². The molecule has 0 radical (unpaired) electrons. The van der Waals surface area contributed by atoms with Crippen molar-refractivity contribution in [2.24, 2.45) is 4.99 Å². The summed E-state index contributed by atoms with van der Waals surface area (Å²) in [5.41, 5.74) is 1.10. The number of non-ortho nitro benzene ring substituents is 1.